The largest absolute Gasteiger partial charge is 0.481 e. The fraction of sp³-hybridized carbons (Fsp3) is 0.579. The van der Waals surface area contributed by atoms with Crippen molar-refractivity contribution >= 4 is 16.9 Å². The smallest absolute Gasteiger partial charge is 0.416 e. The van der Waals surface area contributed by atoms with Crippen LogP contribution in [0.5, 0.6) is 0 Å². The minimum Gasteiger partial charge on any atom is -0.481 e. The molecule has 4 rings (SSSR count). The van der Waals surface area contributed by atoms with Gasteiger partial charge < -0.3 is 10.0 Å². The van der Waals surface area contributed by atoms with Gasteiger partial charge in [-0.05, 0) is 50.4 Å². The normalized spacial score (nSPS) is 24.4. The fourth-order valence-corrected chi connectivity index (χ4v) is 4.24. The van der Waals surface area contributed by atoms with Gasteiger partial charge in [0.2, 0.25) is 0 Å². The van der Waals surface area contributed by atoms with E-state index in [1.165, 1.54) is 16.8 Å². The predicted molar refractivity (Wildman–Crippen MR) is 93.4 cm³/mol. The molecule has 1 aromatic carbocycles. The molecule has 0 spiro atoms. The van der Waals surface area contributed by atoms with E-state index in [1.807, 2.05) is 0 Å². The molecule has 27 heavy (non-hydrogen) atoms. The Labute approximate surface area is 154 Å². The maximum absolute atomic E-state index is 13.0. The van der Waals surface area contributed by atoms with Gasteiger partial charge in [0.1, 0.15) is 0 Å². The zero-order valence-electron chi connectivity index (χ0n) is 15.0. The molecule has 0 unspecified atom stereocenters. The van der Waals surface area contributed by atoms with Gasteiger partial charge in [0.25, 0.3) is 0 Å². The van der Waals surface area contributed by atoms with Crippen LogP contribution in [-0.4, -0.2) is 45.4 Å². The number of hydrogen-bond acceptors (Lipinski definition) is 3. The summed E-state index contributed by atoms with van der Waals surface area (Å²) in [6.45, 7) is 2.56. The number of aryl methyl sites for hydroxylation is 1. The van der Waals surface area contributed by atoms with Crippen molar-refractivity contribution < 1.29 is 23.1 Å². The van der Waals surface area contributed by atoms with Gasteiger partial charge >= 0.3 is 12.1 Å². The number of carbonyl (C=O) groups is 1. The summed E-state index contributed by atoms with van der Waals surface area (Å²) in [5.74, 6) is -0.412. The highest BCUT2D eigenvalue weighted by Gasteiger charge is 2.44. The summed E-state index contributed by atoms with van der Waals surface area (Å²) in [6.07, 6.45) is -1.82. The molecule has 8 heteroatoms. The number of likely N-dealkylation sites (tertiary alicyclic amines) is 1. The third kappa shape index (κ3) is 3.54. The Morgan fingerprint density at radius 1 is 1.30 bits per heavy atom. The number of alkyl halides is 3. The molecule has 1 aromatic heterocycles. The Hall–Kier alpha value is -2.09. The average molecular weight is 381 g/mol. The number of carboxylic acid groups (broad SMARTS) is 1. The second kappa shape index (κ2) is 6.51. The van der Waals surface area contributed by atoms with Gasteiger partial charge in [-0.3, -0.25) is 9.48 Å². The summed E-state index contributed by atoms with van der Waals surface area (Å²) >= 11 is 0. The Morgan fingerprint density at radius 2 is 2.00 bits per heavy atom. The number of piperidine rings is 1. The number of hydrogen-bond donors (Lipinski definition) is 1. The molecule has 5 nitrogen and oxygen atoms in total. The zero-order valence-corrected chi connectivity index (χ0v) is 15.0. The third-order valence-corrected chi connectivity index (χ3v) is 5.91. The third-order valence-electron chi connectivity index (χ3n) is 5.91. The molecule has 1 N–H and O–H groups in total. The SMILES string of the molecule is Cn1nc(C2CCN(C[C@@H]3C[C@H]3C(=O)O)CC2)c2ccc(C(F)(F)F)cc21. The second-order valence-corrected chi connectivity index (χ2v) is 7.75. The van der Waals surface area contributed by atoms with Crippen LogP contribution in [-0.2, 0) is 18.0 Å². The lowest BCUT2D eigenvalue weighted by molar-refractivity contribution is -0.139. The van der Waals surface area contributed by atoms with E-state index in [0.717, 1.165) is 56.0 Å². The molecule has 1 saturated carbocycles. The van der Waals surface area contributed by atoms with Crippen LogP contribution in [0.3, 0.4) is 0 Å². The fourth-order valence-electron chi connectivity index (χ4n) is 4.24. The molecule has 1 aliphatic carbocycles. The lowest BCUT2D eigenvalue weighted by atomic mass is 9.91. The zero-order chi connectivity index (χ0) is 19.3. The quantitative estimate of drug-likeness (QED) is 0.881. The van der Waals surface area contributed by atoms with Gasteiger partial charge in [-0.1, -0.05) is 6.07 Å². The maximum Gasteiger partial charge on any atom is 0.416 e. The van der Waals surface area contributed by atoms with Crippen molar-refractivity contribution in [2.75, 3.05) is 19.6 Å². The molecule has 2 aliphatic rings. The molecule has 2 fully saturated rings. The molecule has 1 aliphatic heterocycles. The first-order valence-electron chi connectivity index (χ1n) is 9.23. The van der Waals surface area contributed by atoms with E-state index in [-0.39, 0.29) is 17.8 Å². The summed E-state index contributed by atoms with van der Waals surface area (Å²) in [5.41, 5.74) is 0.719. The minimum absolute atomic E-state index is 0.190. The first-order chi connectivity index (χ1) is 12.7. The molecular formula is C19H22F3N3O2. The monoisotopic (exact) mass is 381 g/mol. The van der Waals surface area contributed by atoms with Crippen LogP contribution in [0.4, 0.5) is 13.2 Å². The number of halogens is 3. The van der Waals surface area contributed by atoms with E-state index >= 15 is 0 Å². The Morgan fingerprint density at radius 3 is 2.59 bits per heavy atom. The number of rotatable bonds is 4. The Bertz CT molecular complexity index is 869. The van der Waals surface area contributed by atoms with E-state index in [0.29, 0.717) is 5.52 Å². The maximum atomic E-state index is 13.0. The second-order valence-electron chi connectivity index (χ2n) is 7.75. The molecule has 1 saturated heterocycles. The molecule has 0 radical (unpaired) electrons. The highest BCUT2D eigenvalue weighted by Crippen LogP contribution is 2.41. The Kier molecular flexibility index (Phi) is 4.41. The van der Waals surface area contributed by atoms with Crippen LogP contribution < -0.4 is 0 Å². The van der Waals surface area contributed by atoms with Crippen LogP contribution in [0.1, 0.15) is 36.4 Å². The average Bonchev–Trinajstić information content (AvgIpc) is 3.31. The highest BCUT2D eigenvalue weighted by atomic mass is 19.4. The first-order valence-corrected chi connectivity index (χ1v) is 9.23. The number of aliphatic carboxylic acids is 1. The number of fused-ring (bicyclic) bond motifs is 1. The molecule has 0 amide bonds. The van der Waals surface area contributed by atoms with Gasteiger partial charge in [0.05, 0.1) is 22.7 Å². The lowest BCUT2D eigenvalue weighted by Gasteiger charge is -2.31. The van der Waals surface area contributed by atoms with Crippen LogP contribution >= 0.6 is 0 Å². The first kappa shape index (κ1) is 18.3. The van der Waals surface area contributed by atoms with Gasteiger partial charge in [-0.2, -0.15) is 18.3 Å². The number of carboxylic acids is 1. The van der Waals surface area contributed by atoms with Crippen LogP contribution in [0.25, 0.3) is 10.9 Å². The predicted octanol–water partition coefficient (Wildman–Crippen LogP) is 3.49. The summed E-state index contributed by atoms with van der Waals surface area (Å²) in [7, 11) is 1.68. The molecule has 2 atom stereocenters. The topological polar surface area (TPSA) is 58.4 Å². The van der Waals surface area contributed by atoms with Gasteiger partial charge in [-0.25, -0.2) is 0 Å². The van der Waals surface area contributed by atoms with Crippen molar-refractivity contribution in [3.05, 3.63) is 29.5 Å². The summed E-state index contributed by atoms with van der Waals surface area (Å²) < 4.78 is 40.4. The van der Waals surface area contributed by atoms with E-state index in [1.54, 1.807) is 7.05 Å². The Balaban J connectivity index is 1.45. The number of nitrogens with zero attached hydrogens (tertiary/aromatic N) is 3. The molecule has 0 bridgehead atoms. The minimum atomic E-state index is -4.36. The molecule has 2 aromatic rings. The molecular weight excluding hydrogens is 359 g/mol. The van der Waals surface area contributed by atoms with Crippen molar-refractivity contribution in [2.45, 2.75) is 31.4 Å². The van der Waals surface area contributed by atoms with Crippen molar-refractivity contribution in [1.82, 2.24) is 14.7 Å². The van der Waals surface area contributed by atoms with Crippen molar-refractivity contribution in [2.24, 2.45) is 18.9 Å². The van der Waals surface area contributed by atoms with E-state index < -0.39 is 17.7 Å². The van der Waals surface area contributed by atoms with E-state index in [9.17, 15) is 18.0 Å². The van der Waals surface area contributed by atoms with Gasteiger partial charge in [0.15, 0.2) is 0 Å². The van der Waals surface area contributed by atoms with Crippen LogP contribution in [0.15, 0.2) is 18.2 Å². The van der Waals surface area contributed by atoms with Gasteiger partial charge in [-0.15, -0.1) is 0 Å². The molecule has 2 heterocycles. The van der Waals surface area contributed by atoms with Gasteiger partial charge in [0, 0.05) is 24.9 Å². The van der Waals surface area contributed by atoms with Crippen molar-refractivity contribution in [3.63, 3.8) is 0 Å². The van der Waals surface area contributed by atoms with Crippen LogP contribution in [0.2, 0.25) is 0 Å². The van der Waals surface area contributed by atoms with Crippen molar-refractivity contribution in [3.8, 4) is 0 Å². The van der Waals surface area contributed by atoms with Crippen molar-refractivity contribution in [1.29, 1.82) is 0 Å². The number of benzene rings is 1. The highest BCUT2D eigenvalue weighted by molar-refractivity contribution is 5.83. The lowest BCUT2D eigenvalue weighted by Crippen LogP contribution is -2.35. The van der Waals surface area contributed by atoms with E-state index in [2.05, 4.69) is 10.00 Å². The standard InChI is InChI=1S/C19H22F3N3O2/c1-24-16-9-13(19(20,21)22)2-3-14(16)17(23-24)11-4-6-25(7-5-11)10-12-8-15(12)18(26)27/h2-3,9,11-12,15H,4-8,10H2,1H3,(H,26,27)/t12-,15+/m0/s1. The summed E-state index contributed by atoms with van der Waals surface area (Å²) in [4.78, 5) is 13.3. The van der Waals surface area contributed by atoms with E-state index in [4.69, 9.17) is 5.11 Å². The summed E-state index contributed by atoms with van der Waals surface area (Å²) in [5, 5.41) is 14.3. The molecule has 146 valence electrons. The summed E-state index contributed by atoms with van der Waals surface area (Å²) in [6, 6.07) is 3.83. The van der Waals surface area contributed by atoms with Crippen LogP contribution in [0, 0.1) is 11.8 Å². The number of aromatic nitrogens is 2.